The summed E-state index contributed by atoms with van der Waals surface area (Å²) in [4.78, 5) is 4.12. The third-order valence-corrected chi connectivity index (χ3v) is 3.39. The Morgan fingerprint density at radius 2 is 1.96 bits per heavy atom. The molecule has 6 nitrogen and oxygen atoms in total. The van der Waals surface area contributed by atoms with Crippen molar-refractivity contribution in [1.29, 1.82) is 0 Å². The molecule has 0 fully saturated rings. The number of anilines is 1. The van der Waals surface area contributed by atoms with Crippen LogP contribution in [0.25, 0.3) is 11.1 Å². The predicted molar refractivity (Wildman–Crippen MR) is 92.6 cm³/mol. The van der Waals surface area contributed by atoms with Gasteiger partial charge in [0.2, 0.25) is 5.88 Å². The molecule has 1 aromatic heterocycles. The highest BCUT2D eigenvalue weighted by Crippen LogP contribution is 2.39. The van der Waals surface area contributed by atoms with Crippen LogP contribution in [0, 0.1) is 0 Å². The standard InChI is InChI=1S/C15H16Cl2N4O2/c1-22-13-7-20-15(23-2)6-11(13)10-5-9(16)3-4-12(10)21(19)8-14(17)18/h3-8H,18-19H2,1-2H3/b14-8-. The first-order chi connectivity index (χ1) is 11.0. The fourth-order valence-electron chi connectivity index (χ4n) is 2.06. The van der Waals surface area contributed by atoms with E-state index in [0.29, 0.717) is 33.5 Å². The van der Waals surface area contributed by atoms with Crippen molar-refractivity contribution in [2.24, 2.45) is 11.6 Å². The monoisotopic (exact) mass is 354 g/mol. The molecule has 0 spiro atoms. The fraction of sp³-hybridized carbons (Fsp3) is 0.133. The summed E-state index contributed by atoms with van der Waals surface area (Å²) in [7, 11) is 3.08. The van der Waals surface area contributed by atoms with Gasteiger partial charge >= 0.3 is 0 Å². The Kier molecular flexibility index (Phi) is 5.54. The third kappa shape index (κ3) is 3.98. The lowest BCUT2D eigenvalue weighted by molar-refractivity contribution is 0.388. The highest BCUT2D eigenvalue weighted by molar-refractivity contribution is 6.31. The summed E-state index contributed by atoms with van der Waals surface area (Å²) >= 11 is 11.8. The lowest BCUT2D eigenvalue weighted by Gasteiger charge is -2.20. The van der Waals surface area contributed by atoms with Gasteiger partial charge in [0.05, 0.1) is 32.3 Å². The SMILES string of the molecule is COc1cc(-c2cc(Cl)ccc2N(N)/C=C(\N)Cl)c(OC)cn1. The third-order valence-electron chi connectivity index (χ3n) is 3.06. The first-order valence-corrected chi connectivity index (χ1v) is 7.26. The number of rotatable bonds is 5. The first-order valence-electron chi connectivity index (χ1n) is 6.51. The van der Waals surface area contributed by atoms with Gasteiger partial charge in [-0.1, -0.05) is 23.2 Å². The Labute approximate surface area is 144 Å². The van der Waals surface area contributed by atoms with Crippen LogP contribution in [0.4, 0.5) is 5.69 Å². The lowest BCUT2D eigenvalue weighted by Crippen LogP contribution is -2.26. The van der Waals surface area contributed by atoms with E-state index in [0.717, 1.165) is 0 Å². The maximum atomic E-state index is 6.13. The van der Waals surface area contributed by atoms with E-state index in [4.69, 9.17) is 44.3 Å². The number of pyridine rings is 1. The second kappa shape index (κ2) is 7.41. The molecule has 2 aromatic rings. The van der Waals surface area contributed by atoms with Crippen LogP contribution in [-0.2, 0) is 0 Å². The zero-order chi connectivity index (χ0) is 17.0. The quantitative estimate of drug-likeness (QED) is 0.487. The topological polar surface area (TPSA) is 86.6 Å². The Hall–Kier alpha value is -2.15. The number of aromatic nitrogens is 1. The second-order valence-electron chi connectivity index (χ2n) is 4.51. The maximum absolute atomic E-state index is 6.13. The van der Waals surface area contributed by atoms with E-state index in [1.54, 1.807) is 37.6 Å². The van der Waals surface area contributed by atoms with Crippen LogP contribution in [0.2, 0.25) is 5.02 Å². The summed E-state index contributed by atoms with van der Waals surface area (Å²) in [5.41, 5.74) is 7.54. The van der Waals surface area contributed by atoms with E-state index in [9.17, 15) is 0 Å². The van der Waals surface area contributed by atoms with Gasteiger partial charge in [-0.2, -0.15) is 0 Å². The number of hydrazine groups is 1. The molecule has 23 heavy (non-hydrogen) atoms. The predicted octanol–water partition coefficient (Wildman–Crippen LogP) is 3.10. The Bertz CT molecular complexity index is 733. The number of ether oxygens (including phenoxy) is 2. The zero-order valence-corrected chi connectivity index (χ0v) is 14.1. The summed E-state index contributed by atoms with van der Waals surface area (Å²) in [6, 6.07) is 6.95. The summed E-state index contributed by atoms with van der Waals surface area (Å²) in [6.45, 7) is 0. The summed E-state index contributed by atoms with van der Waals surface area (Å²) in [5, 5.41) is 1.89. The van der Waals surface area contributed by atoms with Gasteiger partial charge in [-0.05, 0) is 18.2 Å². The lowest BCUT2D eigenvalue weighted by atomic mass is 10.0. The molecule has 0 unspecified atom stereocenters. The van der Waals surface area contributed by atoms with Crippen LogP contribution >= 0.6 is 23.2 Å². The van der Waals surface area contributed by atoms with E-state index in [1.807, 2.05) is 0 Å². The largest absolute Gasteiger partial charge is 0.494 e. The molecule has 0 aliphatic carbocycles. The smallest absolute Gasteiger partial charge is 0.213 e. The van der Waals surface area contributed by atoms with Crippen LogP contribution in [0.5, 0.6) is 11.6 Å². The van der Waals surface area contributed by atoms with Crippen LogP contribution in [0.3, 0.4) is 0 Å². The van der Waals surface area contributed by atoms with Gasteiger partial charge in [0.1, 0.15) is 10.9 Å². The van der Waals surface area contributed by atoms with E-state index in [2.05, 4.69) is 4.98 Å². The van der Waals surface area contributed by atoms with Gasteiger partial charge in [0.25, 0.3) is 0 Å². The van der Waals surface area contributed by atoms with Gasteiger partial charge in [0, 0.05) is 22.2 Å². The molecule has 0 bridgehead atoms. The molecule has 122 valence electrons. The van der Waals surface area contributed by atoms with Gasteiger partial charge in [-0.25, -0.2) is 10.8 Å². The van der Waals surface area contributed by atoms with Crippen molar-refractivity contribution in [2.45, 2.75) is 0 Å². The van der Waals surface area contributed by atoms with Crippen molar-refractivity contribution in [3.63, 3.8) is 0 Å². The Morgan fingerprint density at radius 3 is 2.57 bits per heavy atom. The molecule has 8 heteroatoms. The van der Waals surface area contributed by atoms with Crippen LogP contribution in [-0.4, -0.2) is 19.2 Å². The van der Waals surface area contributed by atoms with E-state index in [-0.39, 0.29) is 5.16 Å². The number of nitrogens with two attached hydrogens (primary N) is 2. The molecular weight excluding hydrogens is 339 g/mol. The normalized spacial score (nSPS) is 11.3. The van der Waals surface area contributed by atoms with Crippen molar-refractivity contribution < 1.29 is 9.47 Å². The van der Waals surface area contributed by atoms with Crippen molar-refractivity contribution in [3.05, 3.63) is 46.8 Å². The zero-order valence-electron chi connectivity index (χ0n) is 12.6. The van der Waals surface area contributed by atoms with Crippen molar-refractivity contribution in [2.75, 3.05) is 19.2 Å². The van der Waals surface area contributed by atoms with Gasteiger partial charge in [-0.3, -0.25) is 5.01 Å². The molecule has 1 aromatic carbocycles. The number of halogens is 2. The number of methoxy groups -OCH3 is 2. The first kappa shape index (κ1) is 17.2. The number of hydrogen-bond donors (Lipinski definition) is 2. The van der Waals surface area contributed by atoms with E-state index in [1.165, 1.54) is 18.3 Å². The highest BCUT2D eigenvalue weighted by Gasteiger charge is 2.15. The fourth-order valence-corrected chi connectivity index (χ4v) is 2.34. The number of benzene rings is 1. The van der Waals surface area contributed by atoms with Crippen LogP contribution < -0.4 is 26.1 Å². The number of hydrogen-bond acceptors (Lipinski definition) is 6. The minimum Gasteiger partial charge on any atom is -0.494 e. The van der Waals surface area contributed by atoms with Crippen LogP contribution in [0.1, 0.15) is 0 Å². The molecule has 1 heterocycles. The summed E-state index contributed by atoms with van der Waals surface area (Å²) < 4.78 is 10.5. The minimum atomic E-state index is 0.0488. The second-order valence-corrected chi connectivity index (χ2v) is 5.38. The van der Waals surface area contributed by atoms with Crippen LogP contribution in [0.15, 0.2) is 41.8 Å². The molecule has 0 radical (unpaired) electrons. The molecule has 0 aliphatic rings. The van der Waals surface area contributed by atoms with Gasteiger partial charge in [-0.15, -0.1) is 0 Å². The highest BCUT2D eigenvalue weighted by atomic mass is 35.5. The van der Waals surface area contributed by atoms with Crippen molar-refractivity contribution >= 4 is 28.9 Å². The molecule has 0 saturated heterocycles. The molecular formula is C15H16Cl2N4O2. The maximum Gasteiger partial charge on any atom is 0.213 e. The average molecular weight is 355 g/mol. The van der Waals surface area contributed by atoms with E-state index >= 15 is 0 Å². The Balaban J connectivity index is 2.67. The van der Waals surface area contributed by atoms with E-state index < -0.39 is 0 Å². The molecule has 2 rings (SSSR count). The van der Waals surface area contributed by atoms with Crippen molar-refractivity contribution in [1.82, 2.24) is 4.98 Å². The molecule has 0 aliphatic heterocycles. The molecule has 0 saturated carbocycles. The number of nitrogens with zero attached hydrogens (tertiary/aromatic N) is 2. The summed E-state index contributed by atoms with van der Waals surface area (Å²) in [5.74, 6) is 6.99. The summed E-state index contributed by atoms with van der Waals surface area (Å²) in [6.07, 6.45) is 2.95. The van der Waals surface area contributed by atoms with Gasteiger partial charge < -0.3 is 15.2 Å². The molecule has 0 amide bonds. The molecule has 4 N–H and O–H groups in total. The van der Waals surface area contributed by atoms with Crippen molar-refractivity contribution in [3.8, 4) is 22.8 Å². The minimum absolute atomic E-state index is 0.0488. The Morgan fingerprint density at radius 1 is 1.22 bits per heavy atom. The van der Waals surface area contributed by atoms with Gasteiger partial charge in [0.15, 0.2) is 0 Å². The average Bonchev–Trinajstić information content (AvgIpc) is 2.53. The molecule has 0 atom stereocenters.